The van der Waals surface area contributed by atoms with Crippen LogP contribution in [0.4, 0.5) is 0 Å². The van der Waals surface area contributed by atoms with Crippen LogP contribution < -0.4 is 0 Å². The number of hydrogen-bond donors (Lipinski definition) is 2. The van der Waals surface area contributed by atoms with Crippen LogP contribution in [0.15, 0.2) is 22.8 Å². The smallest absolute Gasteiger partial charge is 0.142 e. The predicted octanol–water partition coefficient (Wildman–Crippen LogP) is 5.26. The molecule has 0 saturated heterocycles. The average molecular weight is 351 g/mol. The molecule has 26 heavy (non-hydrogen) atoms. The number of rotatable bonds is 1. The largest absolute Gasteiger partial charge is 0.507 e. The first-order chi connectivity index (χ1) is 12.3. The molecule has 4 rings (SSSR count). The molecule has 2 N–H and O–H groups in total. The van der Waals surface area contributed by atoms with Gasteiger partial charge in [0.1, 0.15) is 28.9 Å². The van der Waals surface area contributed by atoms with E-state index >= 15 is 0 Å². The summed E-state index contributed by atoms with van der Waals surface area (Å²) in [5.41, 5.74) is 3.02. The predicted molar refractivity (Wildman–Crippen MR) is 99.0 cm³/mol. The molecule has 0 amide bonds. The van der Waals surface area contributed by atoms with Crippen LogP contribution in [0, 0.1) is 22.7 Å². The fraction of sp³-hybridized carbons (Fsp3) is 0.500. The monoisotopic (exact) mass is 351 g/mol. The summed E-state index contributed by atoms with van der Waals surface area (Å²) in [5.74, 6) is 0.958. The third-order valence-electron chi connectivity index (χ3n) is 6.92. The second-order valence-electron chi connectivity index (χ2n) is 8.77. The summed E-state index contributed by atoms with van der Waals surface area (Å²) in [6.45, 7) is 7.08. The van der Waals surface area contributed by atoms with Crippen molar-refractivity contribution in [2.24, 2.45) is 11.3 Å². The van der Waals surface area contributed by atoms with E-state index in [2.05, 4.69) is 20.8 Å². The fourth-order valence-electron chi connectivity index (χ4n) is 5.69. The summed E-state index contributed by atoms with van der Waals surface area (Å²) < 4.78 is 5.94. The van der Waals surface area contributed by atoms with Crippen molar-refractivity contribution in [3.05, 3.63) is 35.1 Å². The molecule has 2 atom stereocenters. The van der Waals surface area contributed by atoms with Gasteiger partial charge < -0.3 is 14.6 Å². The van der Waals surface area contributed by atoms with E-state index in [9.17, 15) is 15.5 Å². The fourth-order valence-corrected chi connectivity index (χ4v) is 5.69. The molecule has 136 valence electrons. The molecular weight excluding hydrogens is 326 g/mol. The van der Waals surface area contributed by atoms with Crippen LogP contribution in [0.1, 0.15) is 63.1 Å². The van der Waals surface area contributed by atoms with Crippen LogP contribution >= 0.6 is 0 Å². The highest BCUT2D eigenvalue weighted by molar-refractivity contribution is 5.78. The van der Waals surface area contributed by atoms with E-state index in [-0.39, 0.29) is 22.5 Å². The van der Waals surface area contributed by atoms with E-state index in [1.807, 2.05) is 12.3 Å². The Balaban J connectivity index is 1.90. The quantitative estimate of drug-likeness (QED) is 0.687. The van der Waals surface area contributed by atoms with Crippen LogP contribution in [0.25, 0.3) is 11.3 Å². The third-order valence-corrected chi connectivity index (χ3v) is 6.92. The molecule has 1 saturated carbocycles. The van der Waals surface area contributed by atoms with Crippen molar-refractivity contribution in [1.82, 2.24) is 0 Å². The third kappa shape index (κ3) is 2.19. The number of phenols is 2. The number of hydrogen-bond acceptors (Lipinski definition) is 4. The van der Waals surface area contributed by atoms with Gasteiger partial charge in [-0.25, -0.2) is 0 Å². The second-order valence-corrected chi connectivity index (χ2v) is 8.77. The van der Waals surface area contributed by atoms with E-state index in [1.165, 1.54) is 30.5 Å². The number of nitrogens with zero attached hydrogens (tertiary/aromatic N) is 1. The Morgan fingerprint density at radius 1 is 1.15 bits per heavy atom. The maximum atomic E-state index is 10.4. The Labute approximate surface area is 154 Å². The Hall–Kier alpha value is -2.41. The van der Waals surface area contributed by atoms with E-state index in [4.69, 9.17) is 4.42 Å². The molecule has 0 unspecified atom stereocenters. The van der Waals surface area contributed by atoms with Gasteiger partial charge in [0.2, 0.25) is 0 Å². The first-order valence-corrected chi connectivity index (χ1v) is 9.36. The molecule has 1 fully saturated rings. The Morgan fingerprint density at radius 3 is 2.62 bits per heavy atom. The van der Waals surface area contributed by atoms with Crippen molar-refractivity contribution in [2.75, 3.05) is 0 Å². The number of benzene rings is 1. The molecule has 0 bridgehead atoms. The standard InChI is InChI=1S/C22H25NO3/c1-21(2)9-4-10-22(3)15-12-26-20(13(15)5-8-18(21)22)19-14(11-23)16(24)6-7-17(19)25/h6-7,12,18,24-25H,4-5,8-10H2,1-3H3/t18-,22+/m0/s1. The van der Waals surface area contributed by atoms with Gasteiger partial charge in [-0.1, -0.05) is 27.2 Å². The van der Waals surface area contributed by atoms with E-state index in [0.29, 0.717) is 22.7 Å². The van der Waals surface area contributed by atoms with Gasteiger partial charge in [0.25, 0.3) is 0 Å². The van der Waals surface area contributed by atoms with E-state index in [0.717, 1.165) is 24.8 Å². The maximum absolute atomic E-state index is 10.4. The van der Waals surface area contributed by atoms with Gasteiger partial charge in [-0.2, -0.15) is 5.26 Å². The molecule has 2 aliphatic rings. The van der Waals surface area contributed by atoms with Crippen molar-refractivity contribution in [2.45, 2.75) is 58.3 Å². The normalized spacial score (nSPS) is 26.6. The van der Waals surface area contributed by atoms with Crippen molar-refractivity contribution in [3.8, 4) is 28.9 Å². The van der Waals surface area contributed by atoms with Crippen LogP contribution in [0.2, 0.25) is 0 Å². The first-order valence-electron chi connectivity index (χ1n) is 9.36. The zero-order valence-electron chi connectivity index (χ0n) is 15.6. The van der Waals surface area contributed by atoms with Gasteiger partial charge >= 0.3 is 0 Å². The summed E-state index contributed by atoms with van der Waals surface area (Å²) >= 11 is 0. The van der Waals surface area contributed by atoms with Crippen molar-refractivity contribution < 1.29 is 14.6 Å². The zero-order chi connectivity index (χ0) is 18.7. The van der Waals surface area contributed by atoms with Crippen molar-refractivity contribution in [1.29, 1.82) is 5.26 Å². The molecule has 1 aromatic heterocycles. The first kappa shape index (κ1) is 17.0. The van der Waals surface area contributed by atoms with Gasteiger partial charge in [0.05, 0.1) is 11.8 Å². The lowest BCUT2D eigenvalue weighted by molar-refractivity contribution is 0.0409. The lowest BCUT2D eigenvalue weighted by Crippen LogP contribution is -2.47. The minimum absolute atomic E-state index is 0.0345. The van der Waals surface area contributed by atoms with Gasteiger partial charge in [-0.05, 0) is 54.6 Å². The summed E-state index contributed by atoms with van der Waals surface area (Å²) in [6, 6.07) is 4.76. The van der Waals surface area contributed by atoms with Crippen LogP contribution in [-0.2, 0) is 11.8 Å². The van der Waals surface area contributed by atoms with Gasteiger partial charge in [-0.3, -0.25) is 0 Å². The van der Waals surface area contributed by atoms with Crippen molar-refractivity contribution in [3.63, 3.8) is 0 Å². The van der Waals surface area contributed by atoms with Gasteiger partial charge in [-0.15, -0.1) is 0 Å². The Kier molecular flexibility index (Phi) is 3.63. The number of phenolic OH excluding ortho intramolecular Hbond substituents is 2. The molecular formula is C22H25NO3. The highest BCUT2D eigenvalue weighted by atomic mass is 16.3. The van der Waals surface area contributed by atoms with E-state index < -0.39 is 0 Å². The van der Waals surface area contributed by atoms with Crippen LogP contribution in [0.3, 0.4) is 0 Å². The molecule has 0 radical (unpaired) electrons. The summed E-state index contributed by atoms with van der Waals surface area (Å²) in [7, 11) is 0. The molecule has 0 spiro atoms. The molecule has 4 heteroatoms. The second kappa shape index (κ2) is 5.54. The summed E-state index contributed by atoms with van der Waals surface area (Å²) in [4.78, 5) is 0. The molecule has 2 aromatic rings. The number of aromatic hydroxyl groups is 2. The van der Waals surface area contributed by atoms with Crippen LogP contribution in [-0.4, -0.2) is 10.2 Å². The Bertz CT molecular complexity index is 918. The highest BCUT2D eigenvalue weighted by Gasteiger charge is 2.51. The van der Waals surface area contributed by atoms with Gasteiger partial charge in [0, 0.05) is 11.1 Å². The van der Waals surface area contributed by atoms with Gasteiger partial charge in [0.15, 0.2) is 0 Å². The topological polar surface area (TPSA) is 77.4 Å². The molecule has 4 nitrogen and oxygen atoms in total. The number of fused-ring (bicyclic) bond motifs is 3. The highest BCUT2D eigenvalue weighted by Crippen LogP contribution is 2.58. The average Bonchev–Trinajstić information content (AvgIpc) is 3.01. The minimum Gasteiger partial charge on any atom is -0.507 e. The van der Waals surface area contributed by atoms with Crippen LogP contribution in [0.5, 0.6) is 11.5 Å². The summed E-state index contributed by atoms with van der Waals surface area (Å²) in [5, 5.41) is 29.9. The number of furan rings is 1. The van der Waals surface area contributed by atoms with E-state index in [1.54, 1.807) is 0 Å². The lowest BCUT2D eigenvalue weighted by atomic mass is 9.51. The SMILES string of the molecule is CC1(C)CCC[C@]2(C)c3coc(-c4c(O)ccc(O)c4C#N)c3CC[C@@H]12. The summed E-state index contributed by atoms with van der Waals surface area (Å²) in [6.07, 6.45) is 7.34. The molecule has 1 heterocycles. The number of nitriles is 1. The molecule has 0 aliphatic heterocycles. The Morgan fingerprint density at radius 2 is 1.88 bits per heavy atom. The van der Waals surface area contributed by atoms with Crippen molar-refractivity contribution >= 4 is 0 Å². The lowest BCUT2D eigenvalue weighted by Gasteiger charge is -2.53. The molecule has 2 aliphatic carbocycles. The zero-order valence-corrected chi connectivity index (χ0v) is 15.6. The maximum Gasteiger partial charge on any atom is 0.142 e. The molecule has 1 aromatic carbocycles. The minimum atomic E-state index is -0.135.